The molecule has 0 spiro atoms. The van der Waals surface area contributed by atoms with Gasteiger partial charge >= 0.3 is 0 Å². The summed E-state index contributed by atoms with van der Waals surface area (Å²) < 4.78 is 1.56. The van der Waals surface area contributed by atoms with Crippen LogP contribution in [0.4, 0.5) is 0 Å². The lowest BCUT2D eigenvalue weighted by atomic mass is 10.3. The standard InChI is InChI=1S/C10H9BrN2O/c1-7-2-3-9-12-8(5-11)4-10(14)13(9)6-7/h2-4,6H,5H2,1H3. The van der Waals surface area contributed by atoms with Crippen molar-refractivity contribution in [2.24, 2.45) is 0 Å². The smallest absolute Gasteiger partial charge is 0.258 e. The molecular weight excluding hydrogens is 244 g/mol. The summed E-state index contributed by atoms with van der Waals surface area (Å²) in [7, 11) is 0. The summed E-state index contributed by atoms with van der Waals surface area (Å²) in [5.74, 6) is 0. The number of halogens is 1. The van der Waals surface area contributed by atoms with Gasteiger partial charge in [0.15, 0.2) is 0 Å². The van der Waals surface area contributed by atoms with E-state index in [0.717, 1.165) is 11.3 Å². The molecule has 0 aliphatic heterocycles. The SMILES string of the molecule is Cc1ccc2nc(CBr)cc(=O)n2c1. The molecule has 14 heavy (non-hydrogen) atoms. The van der Waals surface area contributed by atoms with Crippen LogP contribution in [-0.4, -0.2) is 9.38 Å². The Hall–Kier alpha value is -1.16. The van der Waals surface area contributed by atoms with Crippen LogP contribution in [0.5, 0.6) is 0 Å². The molecule has 0 unspecified atom stereocenters. The number of nitrogens with zero attached hydrogens (tertiary/aromatic N) is 2. The normalized spacial score (nSPS) is 10.7. The first kappa shape index (κ1) is 9.40. The van der Waals surface area contributed by atoms with Crippen molar-refractivity contribution < 1.29 is 0 Å². The van der Waals surface area contributed by atoms with Gasteiger partial charge in [-0.25, -0.2) is 4.98 Å². The Morgan fingerprint density at radius 2 is 2.29 bits per heavy atom. The van der Waals surface area contributed by atoms with Crippen LogP contribution < -0.4 is 5.56 Å². The van der Waals surface area contributed by atoms with Gasteiger partial charge in [-0.3, -0.25) is 9.20 Å². The lowest BCUT2D eigenvalue weighted by Gasteiger charge is -2.02. The van der Waals surface area contributed by atoms with E-state index in [1.807, 2.05) is 19.1 Å². The maximum Gasteiger partial charge on any atom is 0.258 e. The highest BCUT2D eigenvalue weighted by Crippen LogP contribution is 2.04. The quantitative estimate of drug-likeness (QED) is 0.727. The van der Waals surface area contributed by atoms with Crippen LogP contribution in [0.25, 0.3) is 5.65 Å². The highest BCUT2D eigenvalue weighted by molar-refractivity contribution is 9.08. The van der Waals surface area contributed by atoms with Crippen molar-refractivity contribution in [3.8, 4) is 0 Å². The summed E-state index contributed by atoms with van der Waals surface area (Å²) in [6.45, 7) is 1.95. The summed E-state index contributed by atoms with van der Waals surface area (Å²) >= 11 is 3.28. The molecule has 2 heterocycles. The van der Waals surface area contributed by atoms with Gasteiger partial charge in [0.1, 0.15) is 5.65 Å². The first-order valence-corrected chi connectivity index (χ1v) is 5.38. The van der Waals surface area contributed by atoms with Crippen LogP contribution >= 0.6 is 15.9 Å². The first-order valence-electron chi connectivity index (χ1n) is 4.25. The third-order valence-electron chi connectivity index (χ3n) is 2.00. The number of pyridine rings is 1. The second kappa shape index (κ2) is 3.53. The number of alkyl halides is 1. The van der Waals surface area contributed by atoms with Crippen molar-refractivity contribution >= 4 is 21.6 Å². The monoisotopic (exact) mass is 252 g/mol. The predicted molar refractivity (Wildman–Crippen MR) is 58.8 cm³/mol. The van der Waals surface area contributed by atoms with Gasteiger partial charge in [0.2, 0.25) is 0 Å². The fourth-order valence-corrected chi connectivity index (χ4v) is 1.61. The van der Waals surface area contributed by atoms with E-state index in [1.165, 1.54) is 0 Å². The molecular formula is C10H9BrN2O. The highest BCUT2D eigenvalue weighted by Gasteiger charge is 2.00. The van der Waals surface area contributed by atoms with Crippen molar-refractivity contribution in [2.45, 2.75) is 12.3 Å². The van der Waals surface area contributed by atoms with Gasteiger partial charge in [-0.05, 0) is 18.6 Å². The van der Waals surface area contributed by atoms with Gasteiger partial charge in [-0.15, -0.1) is 0 Å². The Labute approximate surface area is 89.5 Å². The fourth-order valence-electron chi connectivity index (χ4n) is 1.33. The number of rotatable bonds is 1. The predicted octanol–water partition coefficient (Wildman–Crippen LogP) is 1.90. The summed E-state index contributed by atoms with van der Waals surface area (Å²) in [6.07, 6.45) is 1.79. The topological polar surface area (TPSA) is 34.4 Å². The molecule has 0 bridgehead atoms. The van der Waals surface area contributed by atoms with Crippen molar-refractivity contribution in [3.63, 3.8) is 0 Å². The van der Waals surface area contributed by atoms with Gasteiger partial charge in [0, 0.05) is 17.6 Å². The molecule has 0 aliphatic rings. The number of fused-ring (bicyclic) bond motifs is 1. The fraction of sp³-hybridized carbons (Fsp3) is 0.200. The molecule has 3 nitrogen and oxygen atoms in total. The number of aromatic nitrogens is 2. The Balaban J connectivity index is 2.83. The maximum atomic E-state index is 11.6. The number of aryl methyl sites for hydroxylation is 1. The molecule has 0 saturated carbocycles. The largest absolute Gasteiger partial charge is 0.269 e. The van der Waals surface area contributed by atoms with E-state index in [4.69, 9.17) is 0 Å². The van der Waals surface area contributed by atoms with Crippen LogP contribution in [0.15, 0.2) is 29.2 Å². The third-order valence-corrected chi connectivity index (χ3v) is 2.57. The molecule has 0 atom stereocenters. The third kappa shape index (κ3) is 1.57. The van der Waals surface area contributed by atoms with E-state index in [1.54, 1.807) is 16.7 Å². The highest BCUT2D eigenvalue weighted by atomic mass is 79.9. The Bertz CT molecular complexity index is 533. The van der Waals surface area contributed by atoms with Gasteiger partial charge in [0.25, 0.3) is 5.56 Å². The van der Waals surface area contributed by atoms with E-state index < -0.39 is 0 Å². The first-order chi connectivity index (χ1) is 6.70. The molecule has 0 aromatic carbocycles. The van der Waals surface area contributed by atoms with Crippen LogP contribution in [0.3, 0.4) is 0 Å². The van der Waals surface area contributed by atoms with E-state index in [-0.39, 0.29) is 5.56 Å². The van der Waals surface area contributed by atoms with Gasteiger partial charge in [-0.2, -0.15) is 0 Å². The lowest BCUT2D eigenvalue weighted by molar-refractivity contribution is 1.00. The molecule has 0 saturated heterocycles. The van der Waals surface area contributed by atoms with Gasteiger partial charge in [-0.1, -0.05) is 22.0 Å². The van der Waals surface area contributed by atoms with Crippen LogP contribution in [-0.2, 0) is 5.33 Å². The molecule has 2 aromatic rings. The summed E-state index contributed by atoms with van der Waals surface area (Å²) in [4.78, 5) is 15.9. The number of hydrogen-bond acceptors (Lipinski definition) is 2. The van der Waals surface area contributed by atoms with Crippen LogP contribution in [0.2, 0.25) is 0 Å². The zero-order valence-corrected chi connectivity index (χ0v) is 9.28. The molecule has 0 N–H and O–H groups in total. The summed E-state index contributed by atoms with van der Waals surface area (Å²) in [5.41, 5.74) is 2.47. The Kier molecular flexibility index (Phi) is 2.37. The molecule has 4 heteroatoms. The van der Waals surface area contributed by atoms with Crippen molar-refractivity contribution in [2.75, 3.05) is 0 Å². The zero-order chi connectivity index (χ0) is 10.1. The van der Waals surface area contributed by atoms with Crippen LogP contribution in [0.1, 0.15) is 11.3 Å². The van der Waals surface area contributed by atoms with Crippen molar-refractivity contribution in [1.29, 1.82) is 0 Å². The molecule has 72 valence electrons. The second-order valence-electron chi connectivity index (χ2n) is 3.15. The van der Waals surface area contributed by atoms with Gasteiger partial charge in [0.05, 0.1) is 5.69 Å². The summed E-state index contributed by atoms with van der Waals surface area (Å²) in [6, 6.07) is 5.34. The second-order valence-corrected chi connectivity index (χ2v) is 3.71. The average Bonchev–Trinajstić information content (AvgIpc) is 2.19. The molecule has 0 aliphatic carbocycles. The van der Waals surface area contributed by atoms with E-state index in [9.17, 15) is 4.79 Å². The molecule has 0 amide bonds. The van der Waals surface area contributed by atoms with Crippen LogP contribution in [0, 0.1) is 6.92 Å². The van der Waals surface area contributed by atoms with E-state index in [2.05, 4.69) is 20.9 Å². The van der Waals surface area contributed by atoms with Crippen molar-refractivity contribution in [1.82, 2.24) is 9.38 Å². The Morgan fingerprint density at radius 1 is 1.50 bits per heavy atom. The zero-order valence-electron chi connectivity index (χ0n) is 7.70. The molecule has 0 fully saturated rings. The Morgan fingerprint density at radius 3 is 3.00 bits per heavy atom. The van der Waals surface area contributed by atoms with Crippen molar-refractivity contribution in [3.05, 3.63) is 46.0 Å². The molecule has 2 aromatic heterocycles. The summed E-state index contributed by atoms with van der Waals surface area (Å²) in [5, 5.41) is 0.604. The maximum absolute atomic E-state index is 11.6. The lowest BCUT2D eigenvalue weighted by Crippen LogP contribution is -2.15. The molecule has 0 radical (unpaired) electrons. The van der Waals surface area contributed by atoms with E-state index in [0.29, 0.717) is 11.0 Å². The molecule has 2 rings (SSSR count). The minimum Gasteiger partial charge on any atom is -0.269 e. The minimum absolute atomic E-state index is 0.0341. The minimum atomic E-state index is -0.0341. The average molecular weight is 253 g/mol. The van der Waals surface area contributed by atoms with E-state index >= 15 is 0 Å². The van der Waals surface area contributed by atoms with Gasteiger partial charge < -0.3 is 0 Å². The number of hydrogen-bond donors (Lipinski definition) is 0.